The van der Waals surface area contributed by atoms with E-state index in [-0.39, 0.29) is 5.91 Å². The average molecular weight is 405 g/mol. The third-order valence-corrected chi connectivity index (χ3v) is 5.62. The molecule has 0 saturated heterocycles. The van der Waals surface area contributed by atoms with Gasteiger partial charge in [0.2, 0.25) is 5.91 Å². The fourth-order valence-corrected chi connectivity index (χ4v) is 4.16. The molecule has 0 aromatic heterocycles. The van der Waals surface area contributed by atoms with Crippen LogP contribution >= 0.6 is 27.7 Å². The molecule has 0 atom stereocenters. The number of anilines is 1. The highest BCUT2D eigenvalue weighted by atomic mass is 79.9. The molecule has 2 aromatic carbocycles. The van der Waals surface area contributed by atoms with Gasteiger partial charge >= 0.3 is 0 Å². The molecular weight excluding hydrogens is 384 g/mol. The summed E-state index contributed by atoms with van der Waals surface area (Å²) in [5.74, 6) is 0.741. The summed E-state index contributed by atoms with van der Waals surface area (Å²) in [5, 5.41) is 0. The molecule has 126 valence electrons. The molecule has 0 radical (unpaired) electrons. The SMILES string of the molecule is CN(CCCN1C(=O)CSc2ccc(Br)cc21)Cc1ccccc1. The summed E-state index contributed by atoms with van der Waals surface area (Å²) in [4.78, 5) is 17.7. The molecule has 1 aliphatic rings. The van der Waals surface area contributed by atoms with Crippen LogP contribution in [0.3, 0.4) is 0 Å². The highest BCUT2D eigenvalue weighted by Crippen LogP contribution is 2.37. The molecule has 5 heteroatoms. The van der Waals surface area contributed by atoms with Crippen LogP contribution in [0.15, 0.2) is 57.9 Å². The van der Waals surface area contributed by atoms with Gasteiger partial charge in [-0.05, 0) is 43.8 Å². The Morgan fingerprint density at radius 2 is 2.00 bits per heavy atom. The zero-order valence-corrected chi connectivity index (χ0v) is 16.1. The van der Waals surface area contributed by atoms with Gasteiger partial charge in [-0.25, -0.2) is 0 Å². The fourth-order valence-electron chi connectivity index (χ4n) is 2.89. The summed E-state index contributed by atoms with van der Waals surface area (Å²) < 4.78 is 1.02. The van der Waals surface area contributed by atoms with Crippen molar-refractivity contribution < 1.29 is 4.79 Å². The Hall–Kier alpha value is -1.30. The normalized spacial score (nSPS) is 14.1. The van der Waals surface area contributed by atoms with Gasteiger partial charge in [0, 0.05) is 22.5 Å². The van der Waals surface area contributed by atoms with Crippen LogP contribution in [0.1, 0.15) is 12.0 Å². The maximum atomic E-state index is 12.3. The lowest BCUT2D eigenvalue weighted by molar-refractivity contribution is -0.116. The Bertz CT molecular complexity index is 708. The molecule has 1 amide bonds. The van der Waals surface area contributed by atoms with Gasteiger partial charge in [-0.1, -0.05) is 46.3 Å². The van der Waals surface area contributed by atoms with Crippen LogP contribution in [0.5, 0.6) is 0 Å². The predicted octanol–water partition coefficient (Wildman–Crippen LogP) is 4.41. The van der Waals surface area contributed by atoms with Gasteiger partial charge in [0.1, 0.15) is 0 Å². The van der Waals surface area contributed by atoms with Crippen molar-refractivity contribution in [3.8, 4) is 0 Å². The minimum atomic E-state index is 0.205. The summed E-state index contributed by atoms with van der Waals surface area (Å²) in [5.41, 5.74) is 2.36. The minimum Gasteiger partial charge on any atom is -0.310 e. The molecule has 0 fully saturated rings. The molecule has 0 aliphatic carbocycles. The number of halogens is 1. The van der Waals surface area contributed by atoms with E-state index in [1.165, 1.54) is 10.5 Å². The van der Waals surface area contributed by atoms with Crippen molar-refractivity contribution in [3.63, 3.8) is 0 Å². The summed E-state index contributed by atoms with van der Waals surface area (Å²) in [6, 6.07) is 16.7. The van der Waals surface area contributed by atoms with Crippen LogP contribution in [0.4, 0.5) is 5.69 Å². The van der Waals surface area contributed by atoms with E-state index in [1.54, 1.807) is 11.8 Å². The first kappa shape index (κ1) is 17.5. The Balaban J connectivity index is 1.57. The topological polar surface area (TPSA) is 23.6 Å². The van der Waals surface area contributed by atoms with Gasteiger partial charge in [0.15, 0.2) is 0 Å². The largest absolute Gasteiger partial charge is 0.310 e. The number of fused-ring (bicyclic) bond motifs is 1. The number of hydrogen-bond acceptors (Lipinski definition) is 3. The number of thioether (sulfide) groups is 1. The summed E-state index contributed by atoms with van der Waals surface area (Å²) in [6.45, 7) is 2.67. The molecule has 0 bridgehead atoms. The van der Waals surface area contributed by atoms with Gasteiger partial charge < -0.3 is 9.80 Å². The van der Waals surface area contributed by atoms with Crippen molar-refractivity contribution >= 4 is 39.3 Å². The number of hydrogen-bond donors (Lipinski definition) is 0. The smallest absolute Gasteiger partial charge is 0.237 e. The average Bonchev–Trinajstić information content (AvgIpc) is 2.58. The molecule has 24 heavy (non-hydrogen) atoms. The Morgan fingerprint density at radius 3 is 2.79 bits per heavy atom. The highest BCUT2D eigenvalue weighted by Gasteiger charge is 2.24. The molecule has 1 aliphatic heterocycles. The number of rotatable bonds is 6. The number of carbonyl (C=O) groups is 1. The Morgan fingerprint density at radius 1 is 1.21 bits per heavy atom. The van der Waals surface area contributed by atoms with Gasteiger partial charge in [-0.2, -0.15) is 0 Å². The maximum Gasteiger partial charge on any atom is 0.237 e. The van der Waals surface area contributed by atoms with Crippen molar-refractivity contribution in [2.75, 3.05) is 30.8 Å². The van der Waals surface area contributed by atoms with Crippen molar-refractivity contribution in [2.45, 2.75) is 17.9 Å². The second-order valence-electron chi connectivity index (χ2n) is 6.02. The van der Waals surface area contributed by atoms with Crippen LogP contribution in [0, 0.1) is 0 Å². The van der Waals surface area contributed by atoms with E-state index < -0.39 is 0 Å². The van der Waals surface area contributed by atoms with Crippen LogP contribution in [-0.2, 0) is 11.3 Å². The first-order valence-corrected chi connectivity index (χ1v) is 9.86. The third kappa shape index (κ3) is 4.41. The second kappa shape index (κ2) is 8.19. The van der Waals surface area contributed by atoms with Crippen molar-refractivity contribution in [2.24, 2.45) is 0 Å². The van der Waals surface area contributed by atoms with Crippen molar-refractivity contribution in [3.05, 3.63) is 58.6 Å². The standard InChI is InChI=1S/C19H21BrN2OS/c1-21(13-15-6-3-2-4-7-15)10-5-11-22-17-12-16(20)8-9-18(17)24-14-19(22)23/h2-4,6-9,12H,5,10-11,13-14H2,1H3. The van der Waals surface area contributed by atoms with E-state index in [4.69, 9.17) is 0 Å². The predicted molar refractivity (Wildman–Crippen MR) is 105 cm³/mol. The monoisotopic (exact) mass is 404 g/mol. The van der Waals surface area contributed by atoms with E-state index in [9.17, 15) is 4.79 Å². The van der Waals surface area contributed by atoms with E-state index in [0.29, 0.717) is 5.75 Å². The molecular formula is C19H21BrN2OS. The molecule has 0 saturated carbocycles. The molecule has 3 rings (SSSR count). The van der Waals surface area contributed by atoms with Gasteiger partial charge in [-0.3, -0.25) is 4.79 Å². The molecule has 0 spiro atoms. The first-order valence-electron chi connectivity index (χ1n) is 8.08. The lowest BCUT2D eigenvalue weighted by atomic mass is 10.2. The Kier molecular flexibility index (Phi) is 5.98. The lowest BCUT2D eigenvalue weighted by Gasteiger charge is -2.29. The van der Waals surface area contributed by atoms with Crippen LogP contribution < -0.4 is 4.90 Å². The number of carbonyl (C=O) groups excluding carboxylic acids is 1. The van der Waals surface area contributed by atoms with Gasteiger partial charge in [0.25, 0.3) is 0 Å². The number of benzene rings is 2. The highest BCUT2D eigenvalue weighted by molar-refractivity contribution is 9.10. The quantitative estimate of drug-likeness (QED) is 0.712. The van der Waals surface area contributed by atoms with Crippen molar-refractivity contribution in [1.29, 1.82) is 0 Å². The Labute approximate surface area is 156 Å². The number of nitrogens with zero attached hydrogens (tertiary/aromatic N) is 2. The van der Waals surface area contributed by atoms with E-state index in [1.807, 2.05) is 23.1 Å². The van der Waals surface area contributed by atoms with Crippen LogP contribution in [0.2, 0.25) is 0 Å². The van der Waals surface area contributed by atoms with E-state index in [2.05, 4.69) is 58.2 Å². The first-order chi connectivity index (χ1) is 11.6. The third-order valence-electron chi connectivity index (χ3n) is 4.08. The molecule has 0 unspecified atom stereocenters. The zero-order chi connectivity index (χ0) is 16.9. The van der Waals surface area contributed by atoms with Crippen LogP contribution in [-0.4, -0.2) is 36.7 Å². The van der Waals surface area contributed by atoms with E-state index >= 15 is 0 Å². The van der Waals surface area contributed by atoms with Crippen molar-refractivity contribution in [1.82, 2.24) is 4.90 Å². The van der Waals surface area contributed by atoms with Gasteiger partial charge in [0.05, 0.1) is 11.4 Å². The molecule has 2 aromatic rings. The van der Waals surface area contributed by atoms with E-state index in [0.717, 1.165) is 36.2 Å². The van der Waals surface area contributed by atoms with Gasteiger partial charge in [-0.15, -0.1) is 11.8 Å². The zero-order valence-electron chi connectivity index (χ0n) is 13.7. The maximum absolute atomic E-state index is 12.3. The summed E-state index contributed by atoms with van der Waals surface area (Å²) >= 11 is 5.14. The molecule has 1 heterocycles. The molecule has 3 nitrogen and oxygen atoms in total. The lowest BCUT2D eigenvalue weighted by Crippen LogP contribution is -2.37. The summed E-state index contributed by atoms with van der Waals surface area (Å²) in [7, 11) is 2.13. The minimum absolute atomic E-state index is 0.205. The number of amides is 1. The molecule has 0 N–H and O–H groups in total. The fraction of sp³-hybridized carbons (Fsp3) is 0.316. The second-order valence-corrected chi connectivity index (χ2v) is 7.96. The van der Waals surface area contributed by atoms with Crippen LogP contribution in [0.25, 0.3) is 0 Å². The summed E-state index contributed by atoms with van der Waals surface area (Å²) in [6.07, 6.45) is 0.964.